The molecule has 0 bridgehead atoms. The van der Waals surface area contributed by atoms with E-state index in [1.807, 2.05) is 60.7 Å². The molecule has 124 valence electrons. The normalized spacial score (nSPS) is 15.4. The Morgan fingerprint density at radius 1 is 0.958 bits per heavy atom. The molecule has 3 rings (SSSR count). The lowest BCUT2D eigenvalue weighted by molar-refractivity contribution is -0.158. The highest BCUT2D eigenvalue weighted by Gasteiger charge is 2.51. The third-order valence-corrected chi connectivity index (χ3v) is 4.29. The van der Waals surface area contributed by atoms with Gasteiger partial charge in [-0.2, -0.15) is 0 Å². The molecule has 1 N–H and O–H groups in total. The van der Waals surface area contributed by atoms with Crippen LogP contribution in [0.2, 0.25) is 0 Å². The standard InChI is InChI=1S/C19H19NO4/c21-17(22)19(11-15-7-3-1-4-8-15)13-20(14-19)18(23)24-12-16-9-5-2-6-10-16/h1-10H,11-14H2,(H,21,22). The van der Waals surface area contributed by atoms with Gasteiger partial charge in [0.2, 0.25) is 0 Å². The van der Waals surface area contributed by atoms with Gasteiger partial charge in [-0.15, -0.1) is 0 Å². The zero-order valence-corrected chi connectivity index (χ0v) is 13.2. The van der Waals surface area contributed by atoms with Gasteiger partial charge < -0.3 is 14.7 Å². The summed E-state index contributed by atoms with van der Waals surface area (Å²) in [7, 11) is 0. The molecule has 1 aliphatic rings. The molecular formula is C19H19NO4. The monoisotopic (exact) mass is 325 g/mol. The number of nitrogens with zero attached hydrogens (tertiary/aromatic N) is 1. The number of ether oxygens (including phenoxy) is 1. The van der Waals surface area contributed by atoms with Crippen LogP contribution in [0.3, 0.4) is 0 Å². The molecule has 2 aromatic carbocycles. The Kier molecular flexibility index (Phi) is 4.51. The van der Waals surface area contributed by atoms with Gasteiger partial charge in [0, 0.05) is 13.1 Å². The van der Waals surface area contributed by atoms with Gasteiger partial charge in [0.15, 0.2) is 0 Å². The van der Waals surface area contributed by atoms with Gasteiger partial charge in [0.1, 0.15) is 12.0 Å². The molecule has 0 aromatic heterocycles. The number of carboxylic acids is 1. The highest BCUT2D eigenvalue weighted by molar-refractivity contribution is 5.81. The number of aliphatic carboxylic acids is 1. The number of hydrogen-bond acceptors (Lipinski definition) is 3. The van der Waals surface area contributed by atoms with Gasteiger partial charge in [-0.05, 0) is 17.5 Å². The Morgan fingerprint density at radius 3 is 2.04 bits per heavy atom. The number of likely N-dealkylation sites (tertiary alicyclic amines) is 1. The van der Waals surface area contributed by atoms with Crippen molar-refractivity contribution in [3.05, 3.63) is 71.8 Å². The van der Waals surface area contributed by atoms with Crippen LogP contribution in [0.4, 0.5) is 4.79 Å². The summed E-state index contributed by atoms with van der Waals surface area (Å²) in [4.78, 5) is 25.2. The number of carbonyl (C=O) groups is 2. The molecule has 0 unspecified atom stereocenters. The van der Waals surface area contributed by atoms with Gasteiger partial charge in [-0.3, -0.25) is 4.79 Å². The largest absolute Gasteiger partial charge is 0.481 e. The minimum Gasteiger partial charge on any atom is -0.481 e. The molecule has 24 heavy (non-hydrogen) atoms. The Hall–Kier alpha value is -2.82. The third kappa shape index (κ3) is 3.40. The van der Waals surface area contributed by atoms with E-state index in [0.717, 1.165) is 11.1 Å². The number of amides is 1. The van der Waals surface area contributed by atoms with Gasteiger partial charge in [-0.1, -0.05) is 60.7 Å². The van der Waals surface area contributed by atoms with E-state index in [4.69, 9.17) is 4.74 Å². The second-order valence-electron chi connectivity index (χ2n) is 6.14. The van der Waals surface area contributed by atoms with Crippen LogP contribution in [0.5, 0.6) is 0 Å². The molecule has 0 spiro atoms. The quantitative estimate of drug-likeness (QED) is 0.918. The van der Waals surface area contributed by atoms with Crippen molar-refractivity contribution in [1.29, 1.82) is 0 Å². The summed E-state index contributed by atoms with van der Waals surface area (Å²) in [6.45, 7) is 0.532. The first-order valence-corrected chi connectivity index (χ1v) is 7.82. The zero-order valence-electron chi connectivity index (χ0n) is 13.2. The average Bonchev–Trinajstić information content (AvgIpc) is 2.57. The summed E-state index contributed by atoms with van der Waals surface area (Å²) >= 11 is 0. The SMILES string of the molecule is O=C(OCc1ccccc1)N1CC(Cc2ccccc2)(C(=O)O)C1. The van der Waals surface area contributed by atoms with Crippen molar-refractivity contribution >= 4 is 12.1 Å². The van der Waals surface area contributed by atoms with Crippen molar-refractivity contribution in [3.63, 3.8) is 0 Å². The first kappa shape index (κ1) is 16.1. The summed E-state index contributed by atoms with van der Waals surface area (Å²) in [5.41, 5.74) is 0.935. The molecule has 1 fully saturated rings. The summed E-state index contributed by atoms with van der Waals surface area (Å²) in [5, 5.41) is 9.57. The lowest BCUT2D eigenvalue weighted by atomic mass is 9.75. The van der Waals surface area contributed by atoms with Crippen LogP contribution < -0.4 is 0 Å². The van der Waals surface area contributed by atoms with E-state index >= 15 is 0 Å². The second kappa shape index (κ2) is 6.74. The van der Waals surface area contributed by atoms with E-state index in [1.165, 1.54) is 4.90 Å². The van der Waals surface area contributed by atoms with Crippen molar-refractivity contribution in [1.82, 2.24) is 4.90 Å². The van der Waals surface area contributed by atoms with E-state index in [-0.39, 0.29) is 19.7 Å². The van der Waals surface area contributed by atoms with Crippen LogP contribution in [0.1, 0.15) is 11.1 Å². The number of rotatable bonds is 5. The fourth-order valence-electron chi connectivity index (χ4n) is 2.93. The third-order valence-electron chi connectivity index (χ3n) is 4.29. The van der Waals surface area contributed by atoms with E-state index in [0.29, 0.717) is 6.42 Å². The molecule has 0 atom stereocenters. The summed E-state index contributed by atoms with van der Waals surface area (Å²) in [6, 6.07) is 18.9. The molecule has 0 saturated carbocycles. The zero-order chi connectivity index (χ0) is 17.0. The number of carboxylic acid groups (broad SMARTS) is 1. The van der Waals surface area contributed by atoms with Crippen LogP contribution >= 0.6 is 0 Å². The van der Waals surface area contributed by atoms with Crippen molar-refractivity contribution in [2.24, 2.45) is 5.41 Å². The van der Waals surface area contributed by atoms with E-state index < -0.39 is 17.5 Å². The first-order chi connectivity index (χ1) is 11.6. The van der Waals surface area contributed by atoms with E-state index in [1.54, 1.807) is 0 Å². The molecular weight excluding hydrogens is 306 g/mol. The highest BCUT2D eigenvalue weighted by atomic mass is 16.6. The lowest BCUT2D eigenvalue weighted by Gasteiger charge is -2.46. The average molecular weight is 325 g/mol. The predicted molar refractivity (Wildman–Crippen MR) is 88.4 cm³/mol. The Morgan fingerprint density at radius 2 is 1.50 bits per heavy atom. The maximum Gasteiger partial charge on any atom is 0.410 e. The Bertz CT molecular complexity index is 709. The minimum absolute atomic E-state index is 0.171. The van der Waals surface area contributed by atoms with E-state index in [2.05, 4.69) is 0 Å². The fourth-order valence-corrected chi connectivity index (χ4v) is 2.93. The minimum atomic E-state index is -0.923. The lowest BCUT2D eigenvalue weighted by Crippen LogP contribution is -2.63. The molecule has 1 amide bonds. The molecule has 1 saturated heterocycles. The van der Waals surface area contributed by atoms with Crippen LogP contribution in [0.15, 0.2) is 60.7 Å². The predicted octanol–water partition coefficient (Wildman–Crippen LogP) is 2.95. The number of benzene rings is 2. The number of carbonyl (C=O) groups excluding carboxylic acids is 1. The molecule has 0 aliphatic carbocycles. The molecule has 5 heteroatoms. The van der Waals surface area contributed by atoms with Gasteiger partial charge >= 0.3 is 12.1 Å². The maximum atomic E-state index is 12.1. The molecule has 2 aromatic rings. The van der Waals surface area contributed by atoms with Crippen molar-refractivity contribution in [2.75, 3.05) is 13.1 Å². The maximum absolute atomic E-state index is 12.1. The highest BCUT2D eigenvalue weighted by Crippen LogP contribution is 2.35. The van der Waals surface area contributed by atoms with Crippen LogP contribution in [0, 0.1) is 5.41 Å². The summed E-state index contributed by atoms with van der Waals surface area (Å²) < 4.78 is 5.25. The van der Waals surface area contributed by atoms with Crippen LogP contribution in [0.25, 0.3) is 0 Å². The molecule has 5 nitrogen and oxygen atoms in total. The smallest absolute Gasteiger partial charge is 0.410 e. The van der Waals surface area contributed by atoms with E-state index in [9.17, 15) is 14.7 Å². The van der Waals surface area contributed by atoms with Crippen molar-refractivity contribution in [3.8, 4) is 0 Å². The van der Waals surface area contributed by atoms with Crippen molar-refractivity contribution < 1.29 is 19.4 Å². The number of hydrogen-bond donors (Lipinski definition) is 1. The van der Waals surface area contributed by atoms with Gasteiger partial charge in [-0.25, -0.2) is 4.79 Å². The Labute approximate surface area is 140 Å². The molecule has 0 radical (unpaired) electrons. The second-order valence-corrected chi connectivity index (χ2v) is 6.14. The first-order valence-electron chi connectivity index (χ1n) is 7.82. The molecule has 1 heterocycles. The summed E-state index contributed by atoms with van der Waals surface area (Å²) in [5.74, 6) is -0.876. The summed E-state index contributed by atoms with van der Waals surface area (Å²) in [6.07, 6.45) is -0.0603. The van der Waals surface area contributed by atoms with Gasteiger partial charge in [0.25, 0.3) is 0 Å². The van der Waals surface area contributed by atoms with Crippen molar-refractivity contribution in [2.45, 2.75) is 13.0 Å². The Balaban J connectivity index is 1.57. The van der Waals surface area contributed by atoms with Gasteiger partial charge in [0.05, 0.1) is 0 Å². The fraction of sp³-hybridized carbons (Fsp3) is 0.263. The van der Waals surface area contributed by atoms with Crippen LogP contribution in [-0.2, 0) is 22.6 Å². The topological polar surface area (TPSA) is 66.8 Å². The molecule has 1 aliphatic heterocycles. The van der Waals surface area contributed by atoms with Crippen LogP contribution in [-0.4, -0.2) is 35.2 Å².